The number of aryl methyl sites for hydroxylation is 1. The summed E-state index contributed by atoms with van der Waals surface area (Å²) in [7, 11) is -3.57. The fourth-order valence-electron chi connectivity index (χ4n) is 4.43. The monoisotopic (exact) mass is 528 g/mol. The average molecular weight is 529 g/mol. The van der Waals surface area contributed by atoms with Crippen LogP contribution in [0.3, 0.4) is 0 Å². The lowest BCUT2D eigenvalue weighted by atomic mass is 9.94. The van der Waals surface area contributed by atoms with Gasteiger partial charge in [0.25, 0.3) is 0 Å². The number of rotatable bonds is 9. The van der Waals surface area contributed by atoms with Crippen molar-refractivity contribution in [2.75, 3.05) is 37.2 Å². The van der Waals surface area contributed by atoms with Gasteiger partial charge in [-0.05, 0) is 60.4 Å². The van der Waals surface area contributed by atoms with Crippen LogP contribution in [0.15, 0.2) is 36.4 Å². The van der Waals surface area contributed by atoms with Crippen LogP contribution in [0.5, 0.6) is 0 Å². The highest BCUT2D eigenvalue weighted by Crippen LogP contribution is 2.34. The van der Waals surface area contributed by atoms with Crippen molar-refractivity contribution >= 4 is 27.6 Å². The molecule has 1 heterocycles. The molecule has 0 unspecified atom stereocenters. The van der Waals surface area contributed by atoms with Crippen molar-refractivity contribution in [2.45, 2.75) is 39.4 Å². The molecule has 2 aromatic rings. The van der Waals surface area contributed by atoms with Crippen LogP contribution in [-0.2, 0) is 10.0 Å². The minimum atomic E-state index is -4.33. The van der Waals surface area contributed by atoms with E-state index in [4.69, 9.17) is 5.41 Å². The van der Waals surface area contributed by atoms with Gasteiger partial charge in [-0.3, -0.25) is 4.90 Å². The van der Waals surface area contributed by atoms with Crippen LogP contribution in [-0.4, -0.2) is 61.9 Å². The van der Waals surface area contributed by atoms with E-state index in [1.165, 1.54) is 16.4 Å². The maximum atomic E-state index is 13.3. The van der Waals surface area contributed by atoms with Crippen molar-refractivity contribution < 1.29 is 26.0 Å². The highest BCUT2D eigenvalue weighted by Gasteiger charge is 2.37. The molecule has 198 valence electrons. The van der Waals surface area contributed by atoms with Crippen LogP contribution in [0.2, 0.25) is 0 Å². The number of sulfonamides is 1. The quantitative estimate of drug-likeness (QED) is 0.334. The second-order valence-corrected chi connectivity index (χ2v) is 11.5. The number of nitrogens with zero attached hydrogens (tertiary/aromatic N) is 2. The molecule has 6 nitrogen and oxygen atoms in total. The molecule has 1 atom stereocenters. The van der Waals surface area contributed by atoms with Gasteiger partial charge in [0, 0.05) is 55.4 Å². The molecule has 1 aliphatic rings. The molecule has 3 rings (SSSR count). The van der Waals surface area contributed by atoms with Crippen LogP contribution < -0.4 is 5.32 Å². The highest BCUT2D eigenvalue weighted by atomic mass is 32.2. The third-order valence-electron chi connectivity index (χ3n) is 6.15. The molecule has 0 saturated carbocycles. The zero-order valence-corrected chi connectivity index (χ0v) is 21.4. The lowest BCUT2D eigenvalue weighted by Gasteiger charge is -2.42. The van der Waals surface area contributed by atoms with E-state index in [-0.39, 0.29) is 43.7 Å². The standard InChI is InChI=1S/C25H32F4N4O2S/c1-17(2)16-36(34,35)33-11-10-32(9-8-25(27,28)29)24(15-33)22-13-19(14-30)23(12-18(22)3)31-21-6-4-20(26)5-7-21/h4-7,12-14,17,24,30-31H,8-11,15-16H2,1-3H3/t24-/m0/s1. The first-order valence-corrected chi connectivity index (χ1v) is 13.4. The van der Waals surface area contributed by atoms with Gasteiger partial charge in [-0.25, -0.2) is 12.8 Å². The van der Waals surface area contributed by atoms with Crippen LogP contribution in [0.25, 0.3) is 0 Å². The summed E-state index contributed by atoms with van der Waals surface area (Å²) in [5.41, 5.74) is 3.10. The molecule has 11 heteroatoms. The summed E-state index contributed by atoms with van der Waals surface area (Å²) >= 11 is 0. The van der Waals surface area contributed by atoms with Gasteiger partial charge < -0.3 is 10.7 Å². The van der Waals surface area contributed by atoms with E-state index in [0.29, 0.717) is 22.5 Å². The summed E-state index contributed by atoms with van der Waals surface area (Å²) in [5, 5.41) is 11.0. The second-order valence-electron chi connectivity index (χ2n) is 9.52. The van der Waals surface area contributed by atoms with E-state index in [1.807, 2.05) is 20.8 Å². The van der Waals surface area contributed by atoms with E-state index >= 15 is 0 Å². The number of piperazine rings is 1. The molecule has 0 bridgehead atoms. The number of hydrogen-bond donors (Lipinski definition) is 2. The Bertz CT molecular complexity index is 1170. The van der Waals surface area contributed by atoms with Crippen LogP contribution in [0.1, 0.15) is 43.0 Å². The smallest absolute Gasteiger partial charge is 0.355 e. The maximum Gasteiger partial charge on any atom is 0.390 e. The van der Waals surface area contributed by atoms with Gasteiger partial charge in [-0.1, -0.05) is 13.8 Å². The number of nitrogens with one attached hydrogen (secondary N) is 2. The Balaban J connectivity index is 1.96. The van der Waals surface area contributed by atoms with Gasteiger partial charge in [0.2, 0.25) is 10.0 Å². The molecule has 0 amide bonds. The zero-order valence-electron chi connectivity index (χ0n) is 20.6. The molecular formula is C25H32F4N4O2S. The Hall–Kier alpha value is -2.50. The number of halogens is 4. The van der Waals surface area contributed by atoms with E-state index in [0.717, 1.165) is 11.8 Å². The molecule has 0 aliphatic carbocycles. The second kappa shape index (κ2) is 11.3. The summed E-state index contributed by atoms with van der Waals surface area (Å²) in [6.45, 7) is 5.51. The summed E-state index contributed by atoms with van der Waals surface area (Å²) in [4.78, 5) is 1.68. The molecule has 0 aromatic heterocycles. The van der Waals surface area contributed by atoms with Gasteiger partial charge in [0.1, 0.15) is 5.82 Å². The molecule has 1 aliphatic heterocycles. The first-order valence-electron chi connectivity index (χ1n) is 11.8. The zero-order chi connectivity index (χ0) is 26.7. The van der Waals surface area contributed by atoms with Gasteiger partial charge in [0.05, 0.1) is 12.2 Å². The van der Waals surface area contributed by atoms with Gasteiger partial charge in [-0.15, -0.1) is 0 Å². The fraction of sp³-hybridized carbons (Fsp3) is 0.480. The number of hydrogen-bond acceptors (Lipinski definition) is 5. The summed E-state index contributed by atoms with van der Waals surface area (Å²) in [6.07, 6.45) is -4.20. The number of benzene rings is 2. The van der Waals surface area contributed by atoms with E-state index in [9.17, 15) is 26.0 Å². The molecular weight excluding hydrogens is 496 g/mol. The van der Waals surface area contributed by atoms with Gasteiger partial charge >= 0.3 is 6.18 Å². The maximum absolute atomic E-state index is 13.3. The van der Waals surface area contributed by atoms with Crippen LogP contribution in [0, 0.1) is 24.1 Å². The predicted octanol–water partition coefficient (Wildman–Crippen LogP) is 5.47. The Labute approximate surface area is 209 Å². The number of alkyl halides is 3. The fourth-order valence-corrected chi connectivity index (χ4v) is 6.21. The largest absolute Gasteiger partial charge is 0.390 e. The van der Waals surface area contributed by atoms with Crippen molar-refractivity contribution in [1.82, 2.24) is 9.21 Å². The van der Waals surface area contributed by atoms with Crippen molar-refractivity contribution in [1.29, 1.82) is 5.41 Å². The normalized spacial score (nSPS) is 17.9. The predicted molar refractivity (Wildman–Crippen MR) is 134 cm³/mol. The first-order chi connectivity index (χ1) is 16.8. The molecule has 0 spiro atoms. The van der Waals surface area contributed by atoms with Crippen molar-refractivity contribution in [3.63, 3.8) is 0 Å². The Morgan fingerprint density at radius 3 is 2.42 bits per heavy atom. The topological polar surface area (TPSA) is 76.5 Å². The molecule has 2 aromatic carbocycles. The van der Waals surface area contributed by atoms with Crippen molar-refractivity contribution in [2.24, 2.45) is 5.92 Å². The van der Waals surface area contributed by atoms with Crippen LogP contribution >= 0.6 is 0 Å². The Morgan fingerprint density at radius 2 is 1.83 bits per heavy atom. The first kappa shape index (κ1) is 28.1. The van der Waals surface area contributed by atoms with E-state index < -0.39 is 28.7 Å². The molecule has 36 heavy (non-hydrogen) atoms. The molecule has 1 fully saturated rings. The van der Waals surface area contributed by atoms with Gasteiger partial charge in [0.15, 0.2) is 0 Å². The van der Waals surface area contributed by atoms with Crippen molar-refractivity contribution in [3.8, 4) is 0 Å². The minimum Gasteiger partial charge on any atom is -0.355 e. The summed E-state index contributed by atoms with van der Waals surface area (Å²) < 4.78 is 79.6. The SMILES string of the molecule is Cc1cc(Nc2ccc(F)cc2)c(C=N)cc1[C@@H]1CN(S(=O)(=O)CC(C)C)CCN1CCC(F)(F)F. The van der Waals surface area contributed by atoms with Crippen molar-refractivity contribution in [3.05, 3.63) is 58.9 Å². The van der Waals surface area contributed by atoms with E-state index in [2.05, 4.69) is 5.32 Å². The lowest BCUT2D eigenvalue weighted by molar-refractivity contribution is -0.140. The molecule has 2 N–H and O–H groups in total. The Kier molecular flexibility index (Phi) is 8.79. The van der Waals surface area contributed by atoms with Gasteiger partial charge in [-0.2, -0.15) is 17.5 Å². The summed E-state index contributed by atoms with van der Waals surface area (Å²) in [6, 6.07) is 8.64. The third kappa shape index (κ3) is 7.27. The lowest BCUT2D eigenvalue weighted by Crippen LogP contribution is -2.51. The Morgan fingerprint density at radius 1 is 1.17 bits per heavy atom. The third-order valence-corrected chi connectivity index (χ3v) is 8.36. The van der Waals surface area contributed by atoms with Crippen LogP contribution in [0.4, 0.5) is 28.9 Å². The molecule has 1 saturated heterocycles. The average Bonchev–Trinajstić information content (AvgIpc) is 2.78. The van der Waals surface area contributed by atoms with E-state index in [1.54, 1.807) is 29.2 Å². The highest BCUT2D eigenvalue weighted by molar-refractivity contribution is 7.89. The minimum absolute atomic E-state index is 0.0342. The summed E-state index contributed by atoms with van der Waals surface area (Å²) in [5.74, 6) is -0.500. The molecule has 0 radical (unpaired) electrons. The number of anilines is 2.